The molecule has 3 nitrogen and oxygen atoms in total. The summed E-state index contributed by atoms with van der Waals surface area (Å²) < 4.78 is 0. The number of carbonyl (C=O) groups excluding carboxylic acids is 1. The van der Waals surface area contributed by atoms with Crippen LogP contribution in [-0.4, -0.2) is 19.0 Å². The number of benzene rings is 1. The van der Waals surface area contributed by atoms with Gasteiger partial charge in [0.15, 0.2) is 0 Å². The van der Waals surface area contributed by atoms with Gasteiger partial charge in [0, 0.05) is 6.54 Å². The van der Waals surface area contributed by atoms with Crippen molar-refractivity contribution in [3.8, 4) is 0 Å². The Hall–Kier alpha value is -1.35. The van der Waals surface area contributed by atoms with E-state index in [9.17, 15) is 4.79 Å². The van der Waals surface area contributed by atoms with Crippen molar-refractivity contribution < 1.29 is 4.79 Å². The highest BCUT2D eigenvalue weighted by Crippen LogP contribution is 2.29. The van der Waals surface area contributed by atoms with Gasteiger partial charge in [-0.25, -0.2) is 0 Å². The first-order chi connectivity index (χ1) is 8.84. The lowest BCUT2D eigenvalue weighted by molar-refractivity contribution is -0.125. The molecule has 1 amide bonds. The molecule has 1 heterocycles. The minimum Gasteiger partial charge on any atom is -0.349 e. The molecule has 0 spiro atoms. The highest BCUT2D eigenvalue weighted by molar-refractivity contribution is 5.79. The van der Waals surface area contributed by atoms with Gasteiger partial charge in [0.2, 0.25) is 5.91 Å². The summed E-state index contributed by atoms with van der Waals surface area (Å²) >= 11 is 0. The number of fused-ring (bicyclic) bond motifs is 1. The van der Waals surface area contributed by atoms with Crippen LogP contribution in [-0.2, 0) is 11.2 Å². The van der Waals surface area contributed by atoms with Crippen molar-refractivity contribution in [1.82, 2.24) is 10.6 Å². The van der Waals surface area contributed by atoms with Crippen molar-refractivity contribution in [2.45, 2.75) is 31.7 Å². The van der Waals surface area contributed by atoms with Crippen LogP contribution >= 0.6 is 0 Å². The van der Waals surface area contributed by atoms with Gasteiger partial charge < -0.3 is 10.6 Å². The molecule has 1 saturated heterocycles. The standard InChI is InChI=1S/C15H20N2O/c18-15(12-8-9-16-10-12)17-14-7-3-5-11-4-1-2-6-13(11)14/h1-2,4,6,12,14,16H,3,5,7-10H2,(H,17,18). The van der Waals surface area contributed by atoms with Crippen molar-refractivity contribution in [2.75, 3.05) is 13.1 Å². The molecular formula is C15H20N2O. The first-order valence-corrected chi connectivity index (χ1v) is 6.93. The van der Waals surface area contributed by atoms with Gasteiger partial charge in [0.05, 0.1) is 12.0 Å². The number of carbonyl (C=O) groups is 1. The second-order valence-electron chi connectivity index (χ2n) is 5.34. The van der Waals surface area contributed by atoms with Crippen LogP contribution < -0.4 is 10.6 Å². The minimum absolute atomic E-state index is 0.166. The lowest BCUT2D eigenvalue weighted by Crippen LogP contribution is -2.36. The Bertz CT molecular complexity index is 438. The number of rotatable bonds is 2. The molecule has 18 heavy (non-hydrogen) atoms. The molecule has 0 radical (unpaired) electrons. The first-order valence-electron chi connectivity index (χ1n) is 6.93. The van der Waals surface area contributed by atoms with Crippen molar-refractivity contribution in [1.29, 1.82) is 0 Å². The maximum atomic E-state index is 12.2. The summed E-state index contributed by atoms with van der Waals surface area (Å²) in [7, 11) is 0. The van der Waals surface area contributed by atoms with Crippen LogP contribution in [0.5, 0.6) is 0 Å². The van der Waals surface area contributed by atoms with Crippen molar-refractivity contribution >= 4 is 5.91 Å². The van der Waals surface area contributed by atoms with E-state index in [2.05, 4.69) is 34.9 Å². The molecule has 1 aliphatic carbocycles. The van der Waals surface area contributed by atoms with Crippen molar-refractivity contribution in [3.63, 3.8) is 0 Å². The fraction of sp³-hybridized carbons (Fsp3) is 0.533. The fourth-order valence-corrected chi connectivity index (χ4v) is 3.07. The van der Waals surface area contributed by atoms with E-state index >= 15 is 0 Å². The molecule has 0 aromatic heterocycles. The fourth-order valence-electron chi connectivity index (χ4n) is 3.07. The smallest absolute Gasteiger partial charge is 0.224 e. The van der Waals surface area contributed by atoms with Crippen LogP contribution in [0.15, 0.2) is 24.3 Å². The van der Waals surface area contributed by atoms with Gasteiger partial charge in [-0.3, -0.25) is 4.79 Å². The second-order valence-corrected chi connectivity index (χ2v) is 5.34. The van der Waals surface area contributed by atoms with Crippen LogP contribution in [0.1, 0.15) is 36.4 Å². The summed E-state index contributed by atoms with van der Waals surface area (Å²) in [5.74, 6) is 0.390. The van der Waals surface area contributed by atoms with E-state index < -0.39 is 0 Å². The number of nitrogens with one attached hydrogen (secondary N) is 2. The van der Waals surface area contributed by atoms with Gasteiger partial charge in [0.1, 0.15) is 0 Å². The lowest BCUT2D eigenvalue weighted by Gasteiger charge is -2.27. The van der Waals surface area contributed by atoms with Gasteiger partial charge in [0.25, 0.3) is 0 Å². The molecule has 3 heteroatoms. The largest absolute Gasteiger partial charge is 0.349 e. The Kier molecular flexibility index (Phi) is 3.33. The summed E-state index contributed by atoms with van der Waals surface area (Å²) in [4.78, 5) is 12.2. The first kappa shape index (κ1) is 11.7. The predicted octanol–water partition coefficient (Wildman–Crippen LogP) is 1.79. The summed E-state index contributed by atoms with van der Waals surface area (Å²) in [5.41, 5.74) is 2.72. The molecular weight excluding hydrogens is 224 g/mol. The van der Waals surface area contributed by atoms with E-state index in [0.29, 0.717) is 0 Å². The zero-order valence-corrected chi connectivity index (χ0v) is 10.6. The molecule has 0 bridgehead atoms. The van der Waals surface area contributed by atoms with Crippen LogP contribution in [0.3, 0.4) is 0 Å². The second kappa shape index (κ2) is 5.11. The van der Waals surface area contributed by atoms with Gasteiger partial charge in [-0.15, -0.1) is 0 Å². The van der Waals surface area contributed by atoms with Crippen LogP contribution in [0.2, 0.25) is 0 Å². The maximum Gasteiger partial charge on any atom is 0.224 e. The Labute approximate surface area is 108 Å². The molecule has 2 aliphatic rings. The average molecular weight is 244 g/mol. The van der Waals surface area contributed by atoms with E-state index in [1.54, 1.807) is 0 Å². The minimum atomic E-state index is 0.166. The topological polar surface area (TPSA) is 41.1 Å². The SMILES string of the molecule is O=C(NC1CCCc2ccccc21)C1CCNC1. The van der Waals surface area contributed by atoms with Gasteiger partial charge in [-0.1, -0.05) is 24.3 Å². The third-order valence-corrected chi connectivity index (χ3v) is 4.12. The number of hydrogen-bond acceptors (Lipinski definition) is 2. The molecule has 96 valence electrons. The predicted molar refractivity (Wildman–Crippen MR) is 71.2 cm³/mol. The maximum absolute atomic E-state index is 12.2. The van der Waals surface area contributed by atoms with E-state index in [4.69, 9.17) is 0 Å². The number of hydrogen-bond donors (Lipinski definition) is 2. The number of amides is 1. The highest BCUT2D eigenvalue weighted by atomic mass is 16.2. The molecule has 2 unspecified atom stereocenters. The Balaban J connectivity index is 1.72. The zero-order chi connectivity index (χ0) is 12.4. The molecule has 0 saturated carbocycles. The van der Waals surface area contributed by atoms with E-state index in [0.717, 1.165) is 32.4 Å². The van der Waals surface area contributed by atoms with E-state index in [1.165, 1.54) is 17.5 Å². The normalized spacial score (nSPS) is 26.7. The molecule has 2 N–H and O–H groups in total. The van der Waals surface area contributed by atoms with Crippen LogP contribution in [0.25, 0.3) is 0 Å². The summed E-state index contributed by atoms with van der Waals surface area (Å²) in [5, 5.41) is 6.49. The van der Waals surface area contributed by atoms with Gasteiger partial charge >= 0.3 is 0 Å². The Morgan fingerprint density at radius 2 is 2.17 bits per heavy atom. The summed E-state index contributed by atoms with van der Waals surface area (Å²) in [6.45, 7) is 1.81. The lowest BCUT2D eigenvalue weighted by atomic mass is 9.87. The average Bonchev–Trinajstić information content (AvgIpc) is 2.93. The molecule has 3 rings (SSSR count). The summed E-state index contributed by atoms with van der Waals surface area (Å²) in [6.07, 6.45) is 4.36. The molecule has 1 aromatic rings. The quantitative estimate of drug-likeness (QED) is 0.832. The molecule has 1 fully saturated rings. The Morgan fingerprint density at radius 1 is 1.28 bits per heavy atom. The van der Waals surface area contributed by atoms with Crippen LogP contribution in [0, 0.1) is 5.92 Å². The van der Waals surface area contributed by atoms with Gasteiger partial charge in [-0.2, -0.15) is 0 Å². The molecule has 1 aliphatic heterocycles. The van der Waals surface area contributed by atoms with E-state index in [-0.39, 0.29) is 17.9 Å². The monoisotopic (exact) mass is 244 g/mol. The van der Waals surface area contributed by atoms with Crippen molar-refractivity contribution in [3.05, 3.63) is 35.4 Å². The molecule has 1 aromatic carbocycles. The van der Waals surface area contributed by atoms with Crippen LogP contribution in [0.4, 0.5) is 0 Å². The molecule has 2 atom stereocenters. The number of aryl methyl sites for hydroxylation is 1. The summed E-state index contributed by atoms with van der Waals surface area (Å²) in [6, 6.07) is 8.73. The van der Waals surface area contributed by atoms with E-state index in [1.807, 2.05) is 0 Å². The van der Waals surface area contributed by atoms with Gasteiger partial charge in [-0.05, 0) is 43.4 Å². The Morgan fingerprint density at radius 3 is 3.00 bits per heavy atom. The third kappa shape index (κ3) is 2.27. The zero-order valence-electron chi connectivity index (χ0n) is 10.6. The highest BCUT2D eigenvalue weighted by Gasteiger charge is 2.27. The third-order valence-electron chi connectivity index (χ3n) is 4.12. The van der Waals surface area contributed by atoms with Crippen molar-refractivity contribution in [2.24, 2.45) is 5.92 Å².